The summed E-state index contributed by atoms with van der Waals surface area (Å²) in [7, 11) is 1.98. The van der Waals surface area contributed by atoms with Gasteiger partial charge in [0.05, 0.1) is 5.69 Å². The van der Waals surface area contributed by atoms with E-state index in [2.05, 4.69) is 22.1 Å². The predicted octanol–water partition coefficient (Wildman–Crippen LogP) is 3.36. The monoisotopic (exact) mass is 377 g/mol. The van der Waals surface area contributed by atoms with Crippen LogP contribution in [0.15, 0.2) is 45.8 Å². The average Bonchev–Trinajstić information content (AvgIpc) is 3.18. The number of fused-ring (bicyclic) bond motifs is 3. The van der Waals surface area contributed by atoms with Gasteiger partial charge < -0.3 is 9.52 Å². The fourth-order valence-corrected chi connectivity index (χ4v) is 4.79. The van der Waals surface area contributed by atoms with Crippen LogP contribution in [0.25, 0.3) is 16.5 Å². The molecule has 28 heavy (non-hydrogen) atoms. The summed E-state index contributed by atoms with van der Waals surface area (Å²) in [5.74, 6) is 0.148. The number of hydrogen-bond acceptors (Lipinski definition) is 5. The highest BCUT2D eigenvalue weighted by atomic mass is 16.4. The van der Waals surface area contributed by atoms with Crippen LogP contribution in [-0.4, -0.2) is 31.9 Å². The maximum absolute atomic E-state index is 12.1. The highest BCUT2D eigenvalue weighted by Crippen LogP contribution is 2.40. The molecule has 6 heteroatoms. The molecule has 2 aliphatic rings. The zero-order valence-electron chi connectivity index (χ0n) is 16.1. The molecule has 3 aromatic rings. The van der Waals surface area contributed by atoms with Crippen LogP contribution in [0.2, 0.25) is 0 Å². The van der Waals surface area contributed by atoms with E-state index in [1.807, 2.05) is 24.0 Å². The molecular weight excluding hydrogens is 354 g/mol. The summed E-state index contributed by atoms with van der Waals surface area (Å²) in [5.41, 5.74) is 4.24. The molecule has 2 atom stereocenters. The maximum Gasteiger partial charge on any atom is 0.336 e. The summed E-state index contributed by atoms with van der Waals surface area (Å²) in [6.07, 6.45) is 7.49. The van der Waals surface area contributed by atoms with Crippen LogP contribution in [0.4, 0.5) is 0 Å². The summed E-state index contributed by atoms with van der Waals surface area (Å²) in [5, 5.41) is 15.2. The van der Waals surface area contributed by atoms with Gasteiger partial charge in [0.1, 0.15) is 11.3 Å². The smallest absolute Gasteiger partial charge is 0.336 e. The fraction of sp³-hybridized carbons (Fsp3) is 0.364. The van der Waals surface area contributed by atoms with Gasteiger partial charge in [-0.15, -0.1) is 0 Å². The lowest BCUT2D eigenvalue weighted by Crippen LogP contribution is -2.38. The van der Waals surface area contributed by atoms with Gasteiger partial charge in [-0.05, 0) is 55.5 Å². The van der Waals surface area contributed by atoms with Gasteiger partial charge in [-0.25, -0.2) is 4.79 Å². The Morgan fingerprint density at radius 1 is 1.29 bits per heavy atom. The second-order valence-corrected chi connectivity index (χ2v) is 7.88. The minimum absolute atomic E-state index is 0.148. The van der Waals surface area contributed by atoms with Gasteiger partial charge in [0.2, 0.25) is 0 Å². The van der Waals surface area contributed by atoms with Crippen LogP contribution in [0.3, 0.4) is 0 Å². The van der Waals surface area contributed by atoms with Gasteiger partial charge >= 0.3 is 5.63 Å². The van der Waals surface area contributed by atoms with E-state index >= 15 is 0 Å². The highest BCUT2D eigenvalue weighted by Gasteiger charge is 2.37. The normalized spacial score (nSPS) is 22.0. The minimum atomic E-state index is -0.369. The van der Waals surface area contributed by atoms with Crippen LogP contribution < -0.4 is 5.63 Å². The Labute approximate surface area is 162 Å². The number of hydrogen-bond donors (Lipinski definition) is 1. The van der Waals surface area contributed by atoms with E-state index < -0.39 is 0 Å². The lowest BCUT2D eigenvalue weighted by molar-refractivity contribution is 0.203. The van der Waals surface area contributed by atoms with Crippen molar-refractivity contribution in [1.82, 2.24) is 14.7 Å². The Bertz CT molecular complexity index is 1160. The largest absolute Gasteiger partial charge is 0.508 e. The molecule has 6 nitrogen and oxygen atoms in total. The first-order chi connectivity index (χ1) is 13.5. The third-order valence-electron chi connectivity index (χ3n) is 6.26. The lowest BCUT2D eigenvalue weighted by Gasteiger charge is -2.34. The number of phenolic OH excluding ortho intramolecular Hbond substituents is 1. The molecule has 0 spiro atoms. The van der Waals surface area contributed by atoms with Crippen molar-refractivity contribution < 1.29 is 9.52 Å². The van der Waals surface area contributed by atoms with E-state index in [9.17, 15) is 9.90 Å². The first kappa shape index (κ1) is 17.3. The molecule has 0 saturated carbocycles. The Hall–Kier alpha value is -2.86. The minimum Gasteiger partial charge on any atom is -0.508 e. The van der Waals surface area contributed by atoms with E-state index in [4.69, 9.17) is 4.42 Å². The van der Waals surface area contributed by atoms with Crippen LogP contribution in [0.1, 0.15) is 36.1 Å². The molecule has 1 saturated heterocycles. The predicted molar refractivity (Wildman–Crippen MR) is 107 cm³/mol. The molecule has 144 valence electrons. The van der Waals surface area contributed by atoms with Crippen molar-refractivity contribution in [2.75, 3.05) is 0 Å². The molecule has 0 aliphatic carbocycles. The van der Waals surface area contributed by atoms with Crippen molar-refractivity contribution in [2.45, 2.75) is 44.8 Å². The second-order valence-electron chi connectivity index (χ2n) is 7.88. The maximum atomic E-state index is 12.1. The van der Waals surface area contributed by atoms with Gasteiger partial charge in [0.15, 0.2) is 0 Å². The summed E-state index contributed by atoms with van der Waals surface area (Å²) in [6, 6.07) is 8.01. The SMILES string of the molecule is Cc1c(O)ccc2c(CN3C4C=C(c5ccnn5C)CC3CC4)cc(=O)oc12. The zero-order valence-corrected chi connectivity index (χ0v) is 16.1. The molecular formula is C22H23N3O3. The van der Waals surface area contributed by atoms with E-state index in [-0.39, 0.29) is 11.4 Å². The topological polar surface area (TPSA) is 71.5 Å². The highest BCUT2D eigenvalue weighted by molar-refractivity contribution is 5.84. The average molecular weight is 377 g/mol. The van der Waals surface area contributed by atoms with E-state index in [1.165, 1.54) is 11.3 Å². The van der Waals surface area contributed by atoms with Crippen LogP contribution in [0.5, 0.6) is 5.75 Å². The molecule has 1 aromatic carbocycles. The first-order valence-electron chi connectivity index (χ1n) is 9.71. The first-order valence-corrected chi connectivity index (χ1v) is 9.71. The van der Waals surface area contributed by atoms with Crippen molar-refractivity contribution in [3.05, 3.63) is 63.8 Å². The number of rotatable bonds is 3. The lowest BCUT2D eigenvalue weighted by atomic mass is 9.97. The number of nitrogens with zero attached hydrogens (tertiary/aromatic N) is 3. The van der Waals surface area contributed by atoms with Crippen molar-refractivity contribution in [1.29, 1.82) is 0 Å². The van der Waals surface area contributed by atoms with Gasteiger partial charge in [-0.2, -0.15) is 5.10 Å². The molecule has 0 radical (unpaired) electrons. The van der Waals surface area contributed by atoms with Gasteiger partial charge in [0, 0.05) is 48.9 Å². The molecule has 1 N–H and O–H groups in total. The number of phenols is 1. The van der Waals surface area contributed by atoms with Crippen LogP contribution >= 0.6 is 0 Å². The standard InChI is InChI=1S/C22H23N3O3/c1-13-20(26)6-5-18-15(11-21(27)28-22(13)18)12-25-16-3-4-17(25)10-14(9-16)19-7-8-23-24(19)2/h5-9,11,16-17,26H,3-4,10,12H2,1-2H3. The third-order valence-corrected chi connectivity index (χ3v) is 6.26. The number of aromatic nitrogens is 2. The summed E-state index contributed by atoms with van der Waals surface area (Å²) >= 11 is 0. The second kappa shape index (κ2) is 6.34. The van der Waals surface area contributed by atoms with Gasteiger partial charge in [-0.1, -0.05) is 6.08 Å². The molecule has 1 fully saturated rings. The summed E-state index contributed by atoms with van der Waals surface area (Å²) in [4.78, 5) is 14.6. The van der Waals surface area contributed by atoms with Crippen LogP contribution in [-0.2, 0) is 13.6 Å². The number of aromatic hydroxyl groups is 1. The Balaban J connectivity index is 1.51. The molecule has 0 amide bonds. The number of benzene rings is 1. The van der Waals surface area contributed by atoms with E-state index in [1.54, 1.807) is 19.1 Å². The molecule has 5 rings (SSSR count). The Kier molecular flexibility index (Phi) is 3.91. The molecule has 2 unspecified atom stereocenters. The van der Waals surface area contributed by atoms with Crippen LogP contribution in [0, 0.1) is 6.92 Å². The van der Waals surface area contributed by atoms with Gasteiger partial charge in [-0.3, -0.25) is 9.58 Å². The fourth-order valence-electron chi connectivity index (χ4n) is 4.79. The third kappa shape index (κ3) is 2.67. The van der Waals surface area contributed by atoms with Crippen molar-refractivity contribution >= 4 is 16.5 Å². The number of aryl methyl sites for hydroxylation is 2. The van der Waals surface area contributed by atoms with E-state index in [0.29, 0.717) is 29.8 Å². The summed E-state index contributed by atoms with van der Waals surface area (Å²) < 4.78 is 7.33. The quantitative estimate of drug-likeness (QED) is 0.709. The molecule has 2 aliphatic heterocycles. The van der Waals surface area contributed by atoms with Crippen molar-refractivity contribution in [2.24, 2.45) is 7.05 Å². The molecule has 4 heterocycles. The summed E-state index contributed by atoms with van der Waals surface area (Å²) in [6.45, 7) is 2.48. The van der Waals surface area contributed by atoms with Crippen molar-refractivity contribution in [3.63, 3.8) is 0 Å². The van der Waals surface area contributed by atoms with E-state index in [0.717, 1.165) is 30.2 Å². The Morgan fingerprint density at radius 3 is 2.89 bits per heavy atom. The van der Waals surface area contributed by atoms with Crippen molar-refractivity contribution in [3.8, 4) is 5.75 Å². The Morgan fingerprint density at radius 2 is 2.14 bits per heavy atom. The molecule has 2 aromatic heterocycles. The zero-order chi connectivity index (χ0) is 19.4. The van der Waals surface area contributed by atoms with Gasteiger partial charge in [0.25, 0.3) is 0 Å². The molecule has 2 bridgehead atoms.